The van der Waals surface area contributed by atoms with Gasteiger partial charge in [-0.25, -0.2) is 24.9 Å². The lowest BCUT2D eigenvalue weighted by atomic mass is 9.98. The van der Waals surface area contributed by atoms with Crippen LogP contribution >= 0.6 is 0 Å². The van der Waals surface area contributed by atoms with E-state index in [1.165, 1.54) is 5.39 Å². The normalized spacial score (nSPS) is 11.1. The van der Waals surface area contributed by atoms with Crippen LogP contribution in [-0.2, 0) is 0 Å². The van der Waals surface area contributed by atoms with Gasteiger partial charge in [-0.1, -0.05) is 194 Å². The first-order chi connectivity index (χ1) is 28.7. The highest BCUT2D eigenvalue weighted by atomic mass is 15.0. The Morgan fingerprint density at radius 2 is 0.621 bits per heavy atom. The zero-order valence-electron chi connectivity index (χ0n) is 31.4. The second kappa shape index (κ2) is 15.3. The third kappa shape index (κ3) is 7.04. The molecular weight excluding hydrogens is 707 g/mol. The van der Waals surface area contributed by atoms with Gasteiger partial charge in [-0.2, -0.15) is 0 Å². The van der Waals surface area contributed by atoms with Crippen molar-refractivity contribution in [2.75, 3.05) is 0 Å². The first-order valence-electron chi connectivity index (χ1n) is 19.3. The van der Waals surface area contributed by atoms with Crippen molar-refractivity contribution in [3.63, 3.8) is 0 Å². The van der Waals surface area contributed by atoms with Crippen LogP contribution in [0.5, 0.6) is 0 Å². The molecular formula is C53H35N5. The van der Waals surface area contributed by atoms with Crippen molar-refractivity contribution < 1.29 is 0 Å². The lowest BCUT2D eigenvalue weighted by molar-refractivity contribution is 1.07. The van der Waals surface area contributed by atoms with E-state index in [1.54, 1.807) is 0 Å². The minimum atomic E-state index is 0.608. The quantitative estimate of drug-likeness (QED) is 0.155. The fraction of sp³-hybridized carbons (Fsp3) is 0. The Bertz CT molecular complexity index is 3030. The maximum atomic E-state index is 5.14. The van der Waals surface area contributed by atoms with E-state index in [0.717, 1.165) is 72.4 Å². The summed E-state index contributed by atoms with van der Waals surface area (Å²) in [4.78, 5) is 25.3. The Morgan fingerprint density at radius 1 is 0.224 bits per heavy atom. The zero-order valence-corrected chi connectivity index (χ0v) is 31.4. The Labute approximate surface area is 337 Å². The summed E-state index contributed by atoms with van der Waals surface area (Å²) in [6.07, 6.45) is 0. The number of nitrogens with zero attached hydrogens (tertiary/aromatic N) is 5. The molecule has 0 spiro atoms. The van der Waals surface area contributed by atoms with Crippen LogP contribution in [0.2, 0.25) is 0 Å². The zero-order chi connectivity index (χ0) is 38.7. The maximum absolute atomic E-state index is 5.14. The molecule has 0 saturated carbocycles. The van der Waals surface area contributed by atoms with Gasteiger partial charge in [-0.15, -0.1) is 0 Å². The van der Waals surface area contributed by atoms with Crippen LogP contribution in [0.4, 0.5) is 0 Å². The van der Waals surface area contributed by atoms with E-state index >= 15 is 0 Å². The molecule has 5 heteroatoms. The molecule has 0 unspecified atom stereocenters. The Morgan fingerprint density at radius 3 is 1.28 bits per heavy atom. The van der Waals surface area contributed by atoms with Gasteiger partial charge in [0.25, 0.3) is 0 Å². The van der Waals surface area contributed by atoms with Crippen LogP contribution in [0.3, 0.4) is 0 Å². The highest BCUT2D eigenvalue weighted by Gasteiger charge is 2.16. The third-order valence-electron chi connectivity index (χ3n) is 10.4. The highest BCUT2D eigenvalue weighted by Crippen LogP contribution is 2.34. The molecule has 272 valence electrons. The lowest BCUT2D eigenvalue weighted by Crippen LogP contribution is -2.00. The summed E-state index contributed by atoms with van der Waals surface area (Å²) in [6.45, 7) is 0. The van der Waals surface area contributed by atoms with Crippen LogP contribution in [0, 0.1) is 0 Å². The Balaban J connectivity index is 1.05. The molecule has 0 atom stereocenters. The van der Waals surface area contributed by atoms with Gasteiger partial charge in [-0.05, 0) is 51.2 Å². The van der Waals surface area contributed by atoms with Crippen molar-refractivity contribution in [3.8, 4) is 90.3 Å². The van der Waals surface area contributed by atoms with E-state index in [1.807, 2.05) is 54.6 Å². The molecule has 0 saturated heterocycles. The minimum absolute atomic E-state index is 0.608. The molecule has 0 aliphatic carbocycles. The van der Waals surface area contributed by atoms with Gasteiger partial charge in [0.2, 0.25) is 0 Å². The van der Waals surface area contributed by atoms with Crippen molar-refractivity contribution >= 4 is 10.8 Å². The van der Waals surface area contributed by atoms with Gasteiger partial charge in [0.15, 0.2) is 23.3 Å². The average Bonchev–Trinajstić information content (AvgIpc) is 3.32. The summed E-state index contributed by atoms with van der Waals surface area (Å²) in [5.74, 6) is 2.54. The van der Waals surface area contributed by atoms with Crippen molar-refractivity contribution in [2.45, 2.75) is 0 Å². The van der Waals surface area contributed by atoms with E-state index in [2.05, 4.69) is 158 Å². The van der Waals surface area contributed by atoms with E-state index in [4.69, 9.17) is 24.9 Å². The molecule has 0 radical (unpaired) electrons. The molecule has 2 heterocycles. The molecule has 0 bridgehead atoms. The number of fused-ring (bicyclic) bond motifs is 1. The van der Waals surface area contributed by atoms with Gasteiger partial charge >= 0.3 is 0 Å². The van der Waals surface area contributed by atoms with Crippen LogP contribution in [0.15, 0.2) is 212 Å². The fourth-order valence-electron chi connectivity index (χ4n) is 7.39. The molecule has 58 heavy (non-hydrogen) atoms. The molecule has 0 N–H and O–H groups in total. The molecule has 5 nitrogen and oxygen atoms in total. The van der Waals surface area contributed by atoms with E-state index in [0.29, 0.717) is 23.3 Å². The molecule has 0 aliphatic heterocycles. The second-order valence-electron chi connectivity index (χ2n) is 14.1. The standard InChI is InChI=1S/C53H35N5/c1-4-15-36(16-5-1)37-29-31-41(32-30-37)52-56-51(40-20-8-3-9-21-40)57-53(58-52)45-26-13-24-43(34-45)42-23-12-25-44(33-42)48-35-49(55-50(54-48)39-18-6-2-7-19-39)47-28-14-22-38-17-10-11-27-46(38)47/h1-35H. The summed E-state index contributed by atoms with van der Waals surface area (Å²) in [6, 6.07) is 72.9. The summed E-state index contributed by atoms with van der Waals surface area (Å²) < 4.78 is 0. The molecule has 0 aliphatic rings. The molecule has 8 aromatic carbocycles. The molecule has 2 aromatic heterocycles. The van der Waals surface area contributed by atoms with Crippen LogP contribution in [0.1, 0.15) is 0 Å². The molecule has 0 amide bonds. The number of benzene rings is 8. The first-order valence-corrected chi connectivity index (χ1v) is 19.3. The van der Waals surface area contributed by atoms with Crippen molar-refractivity contribution in [1.82, 2.24) is 24.9 Å². The number of hydrogen-bond donors (Lipinski definition) is 0. The predicted molar refractivity (Wildman–Crippen MR) is 236 cm³/mol. The summed E-state index contributed by atoms with van der Waals surface area (Å²) in [7, 11) is 0. The van der Waals surface area contributed by atoms with Gasteiger partial charge in [0.05, 0.1) is 11.4 Å². The number of hydrogen-bond acceptors (Lipinski definition) is 5. The van der Waals surface area contributed by atoms with Crippen molar-refractivity contribution in [3.05, 3.63) is 212 Å². The van der Waals surface area contributed by atoms with Gasteiger partial charge in [0, 0.05) is 33.4 Å². The summed E-state index contributed by atoms with van der Waals surface area (Å²) in [5, 5.41) is 2.32. The van der Waals surface area contributed by atoms with Crippen molar-refractivity contribution in [2.24, 2.45) is 0 Å². The fourth-order valence-corrected chi connectivity index (χ4v) is 7.39. The SMILES string of the molecule is c1ccc(-c2ccc(-c3nc(-c4ccccc4)nc(-c4cccc(-c5cccc(-c6cc(-c7cccc8ccccc78)nc(-c7ccccc7)n6)c5)c4)n3)cc2)cc1. The van der Waals surface area contributed by atoms with Crippen LogP contribution in [-0.4, -0.2) is 24.9 Å². The van der Waals surface area contributed by atoms with Crippen molar-refractivity contribution in [1.29, 1.82) is 0 Å². The number of rotatable bonds is 8. The monoisotopic (exact) mass is 741 g/mol. The molecule has 10 aromatic rings. The smallest absolute Gasteiger partial charge is 0.164 e. The summed E-state index contributed by atoms with van der Waals surface area (Å²) >= 11 is 0. The Kier molecular flexibility index (Phi) is 9.14. The molecule has 0 fully saturated rings. The maximum Gasteiger partial charge on any atom is 0.164 e. The van der Waals surface area contributed by atoms with E-state index in [-0.39, 0.29) is 0 Å². The van der Waals surface area contributed by atoms with Gasteiger partial charge in [0.1, 0.15) is 0 Å². The largest absolute Gasteiger partial charge is 0.228 e. The van der Waals surface area contributed by atoms with E-state index < -0.39 is 0 Å². The first kappa shape index (κ1) is 34.6. The average molecular weight is 742 g/mol. The second-order valence-corrected chi connectivity index (χ2v) is 14.1. The highest BCUT2D eigenvalue weighted by molar-refractivity contribution is 5.96. The third-order valence-corrected chi connectivity index (χ3v) is 10.4. The van der Waals surface area contributed by atoms with Gasteiger partial charge < -0.3 is 0 Å². The topological polar surface area (TPSA) is 64.5 Å². The van der Waals surface area contributed by atoms with E-state index in [9.17, 15) is 0 Å². The Hall–Kier alpha value is -7.89. The lowest BCUT2D eigenvalue weighted by Gasteiger charge is -2.12. The molecule has 10 rings (SSSR count). The van der Waals surface area contributed by atoms with Gasteiger partial charge in [-0.3, -0.25) is 0 Å². The van der Waals surface area contributed by atoms with Crippen LogP contribution < -0.4 is 0 Å². The minimum Gasteiger partial charge on any atom is -0.228 e. The summed E-state index contributed by atoms with van der Waals surface area (Å²) in [5.41, 5.74) is 11.9. The predicted octanol–water partition coefficient (Wildman–Crippen LogP) is 13.2. The van der Waals surface area contributed by atoms with Crippen LogP contribution in [0.25, 0.3) is 101 Å². The number of aromatic nitrogens is 5.